The van der Waals surface area contributed by atoms with Crippen molar-refractivity contribution >= 4 is 23.7 Å². The Labute approximate surface area is 122 Å². The second kappa shape index (κ2) is 6.94. The largest absolute Gasteiger partial charge is 0.481 e. The number of ether oxygens (including phenoxy) is 1. The van der Waals surface area contributed by atoms with Gasteiger partial charge in [0, 0.05) is 26.7 Å². The van der Waals surface area contributed by atoms with Gasteiger partial charge in [-0.2, -0.15) is 0 Å². The summed E-state index contributed by atoms with van der Waals surface area (Å²) in [7, 11) is 1.86. The topological polar surface area (TPSA) is 80.5 Å². The number of aliphatic carboxylic acids is 1. The number of carbonyl (C=O) groups is 1. The van der Waals surface area contributed by atoms with Crippen LogP contribution in [0.2, 0.25) is 0 Å². The van der Waals surface area contributed by atoms with Crippen LogP contribution in [0.5, 0.6) is 0 Å². The molecule has 2 rings (SSSR count). The van der Waals surface area contributed by atoms with E-state index in [0.717, 1.165) is 38.5 Å². The predicted octanol–water partition coefficient (Wildman–Crippen LogP) is 0.997. The molecule has 0 saturated carbocycles. The normalized spacial score (nSPS) is 18.4. The molecular formula is C12H20N4O3S. The molecule has 2 heterocycles. The van der Waals surface area contributed by atoms with E-state index >= 15 is 0 Å². The van der Waals surface area contributed by atoms with Crippen molar-refractivity contribution < 1.29 is 14.6 Å². The molecule has 7 nitrogen and oxygen atoms in total. The summed E-state index contributed by atoms with van der Waals surface area (Å²) in [6, 6.07) is 0. The van der Waals surface area contributed by atoms with Crippen LogP contribution in [0, 0.1) is 0 Å². The third-order valence-corrected chi connectivity index (χ3v) is 4.25. The first kappa shape index (κ1) is 15.1. The third kappa shape index (κ3) is 3.63. The maximum atomic E-state index is 10.6. The standard InChI is InChI=1S/C12H20N4O3S/c1-3-16(7-9-5-4-6-19-9)11-13-14-12(15(11)2)20-8-10(17)18/h9H,3-8H2,1-2H3,(H,17,18). The monoisotopic (exact) mass is 300 g/mol. The van der Waals surface area contributed by atoms with E-state index in [-0.39, 0.29) is 11.9 Å². The highest BCUT2D eigenvalue weighted by molar-refractivity contribution is 7.99. The number of aromatic nitrogens is 3. The average molecular weight is 300 g/mol. The Morgan fingerprint density at radius 3 is 3.00 bits per heavy atom. The number of likely N-dealkylation sites (N-methyl/N-ethyl adjacent to an activating group) is 1. The summed E-state index contributed by atoms with van der Waals surface area (Å²) in [6.45, 7) is 4.51. The van der Waals surface area contributed by atoms with Crippen LogP contribution in [-0.4, -0.2) is 57.4 Å². The number of nitrogens with zero attached hydrogens (tertiary/aromatic N) is 4. The molecule has 1 atom stereocenters. The van der Waals surface area contributed by atoms with Gasteiger partial charge in [-0.3, -0.25) is 9.36 Å². The minimum Gasteiger partial charge on any atom is -0.481 e. The number of hydrogen-bond acceptors (Lipinski definition) is 6. The van der Waals surface area contributed by atoms with Gasteiger partial charge in [0.15, 0.2) is 5.16 Å². The molecular weight excluding hydrogens is 280 g/mol. The van der Waals surface area contributed by atoms with Gasteiger partial charge in [-0.1, -0.05) is 11.8 Å². The average Bonchev–Trinajstić information content (AvgIpc) is 3.04. The van der Waals surface area contributed by atoms with Crippen molar-refractivity contribution in [3.8, 4) is 0 Å². The van der Waals surface area contributed by atoms with Gasteiger partial charge in [0.1, 0.15) is 0 Å². The van der Waals surface area contributed by atoms with E-state index in [2.05, 4.69) is 22.0 Å². The van der Waals surface area contributed by atoms with Crippen LogP contribution in [0.15, 0.2) is 5.16 Å². The summed E-state index contributed by atoms with van der Waals surface area (Å²) < 4.78 is 7.49. The minimum atomic E-state index is -0.855. The van der Waals surface area contributed by atoms with E-state index < -0.39 is 5.97 Å². The number of hydrogen-bond donors (Lipinski definition) is 1. The Morgan fingerprint density at radius 2 is 2.40 bits per heavy atom. The van der Waals surface area contributed by atoms with Gasteiger partial charge in [-0.25, -0.2) is 0 Å². The molecule has 1 aliphatic heterocycles. The van der Waals surface area contributed by atoms with E-state index in [4.69, 9.17) is 9.84 Å². The fourth-order valence-corrected chi connectivity index (χ4v) is 2.85. The zero-order valence-electron chi connectivity index (χ0n) is 11.8. The van der Waals surface area contributed by atoms with Gasteiger partial charge < -0.3 is 14.7 Å². The molecule has 1 aromatic heterocycles. The van der Waals surface area contributed by atoms with E-state index in [1.54, 1.807) is 0 Å². The Balaban J connectivity index is 2.03. The van der Waals surface area contributed by atoms with Crippen LogP contribution >= 0.6 is 11.8 Å². The second-order valence-corrected chi connectivity index (χ2v) is 5.64. The van der Waals surface area contributed by atoms with E-state index in [0.29, 0.717) is 5.16 Å². The van der Waals surface area contributed by atoms with Crippen LogP contribution in [-0.2, 0) is 16.6 Å². The molecule has 1 N–H and O–H groups in total. The lowest BCUT2D eigenvalue weighted by atomic mass is 10.2. The first-order valence-electron chi connectivity index (χ1n) is 6.72. The number of carboxylic acid groups (broad SMARTS) is 1. The van der Waals surface area contributed by atoms with Crippen molar-refractivity contribution in [2.45, 2.75) is 31.0 Å². The summed E-state index contributed by atoms with van der Waals surface area (Å²) >= 11 is 1.18. The zero-order valence-corrected chi connectivity index (χ0v) is 12.6. The zero-order chi connectivity index (χ0) is 14.5. The molecule has 20 heavy (non-hydrogen) atoms. The lowest BCUT2D eigenvalue weighted by Gasteiger charge is -2.24. The first-order valence-corrected chi connectivity index (χ1v) is 7.71. The number of thioether (sulfide) groups is 1. The lowest BCUT2D eigenvalue weighted by molar-refractivity contribution is -0.133. The molecule has 0 radical (unpaired) electrons. The fourth-order valence-electron chi connectivity index (χ4n) is 2.22. The molecule has 112 valence electrons. The molecule has 1 aromatic rings. The second-order valence-electron chi connectivity index (χ2n) is 4.70. The van der Waals surface area contributed by atoms with Crippen molar-refractivity contribution in [1.29, 1.82) is 0 Å². The lowest BCUT2D eigenvalue weighted by Crippen LogP contribution is -2.33. The van der Waals surface area contributed by atoms with Crippen molar-refractivity contribution in [2.24, 2.45) is 7.05 Å². The minimum absolute atomic E-state index is 0.0101. The summed E-state index contributed by atoms with van der Waals surface area (Å²) in [5, 5.41) is 17.6. The molecule has 1 aliphatic rings. The van der Waals surface area contributed by atoms with Crippen LogP contribution in [0.1, 0.15) is 19.8 Å². The van der Waals surface area contributed by atoms with Crippen molar-refractivity contribution in [3.05, 3.63) is 0 Å². The molecule has 0 amide bonds. The molecule has 8 heteroatoms. The van der Waals surface area contributed by atoms with Crippen LogP contribution in [0.25, 0.3) is 0 Å². The number of carboxylic acids is 1. The molecule has 0 aromatic carbocycles. The Hall–Kier alpha value is -1.28. The van der Waals surface area contributed by atoms with Crippen molar-refractivity contribution in [2.75, 3.05) is 30.3 Å². The molecule has 1 unspecified atom stereocenters. The van der Waals surface area contributed by atoms with Gasteiger partial charge in [-0.15, -0.1) is 10.2 Å². The number of anilines is 1. The Bertz CT molecular complexity index is 460. The van der Waals surface area contributed by atoms with E-state index in [1.807, 2.05) is 11.6 Å². The van der Waals surface area contributed by atoms with Gasteiger partial charge >= 0.3 is 5.97 Å². The highest BCUT2D eigenvalue weighted by Crippen LogP contribution is 2.22. The maximum absolute atomic E-state index is 10.6. The Kier molecular flexibility index (Phi) is 5.24. The summed E-state index contributed by atoms with van der Waals surface area (Å²) in [5.41, 5.74) is 0. The van der Waals surface area contributed by atoms with Gasteiger partial charge in [0.2, 0.25) is 5.95 Å². The van der Waals surface area contributed by atoms with Gasteiger partial charge in [-0.05, 0) is 19.8 Å². The predicted molar refractivity (Wildman–Crippen MR) is 76.2 cm³/mol. The van der Waals surface area contributed by atoms with E-state index in [9.17, 15) is 4.79 Å². The van der Waals surface area contributed by atoms with Crippen molar-refractivity contribution in [3.63, 3.8) is 0 Å². The van der Waals surface area contributed by atoms with Gasteiger partial charge in [0.05, 0.1) is 11.9 Å². The summed E-state index contributed by atoms with van der Waals surface area (Å²) in [6.07, 6.45) is 2.44. The molecule has 1 fully saturated rings. The number of rotatable bonds is 7. The quantitative estimate of drug-likeness (QED) is 0.752. The van der Waals surface area contributed by atoms with E-state index in [1.165, 1.54) is 11.8 Å². The van der Waals surface area contributed by atoms with Gasteiger partial charge in [0.25, 0.3) is 0 Å². The molecule has 0 aliphatic carbocycles. The van der Waals surface area contributed by atoms with Crippen LogP contribution < -0.4 is 4.90 Å². The maximum Gasteiger partial charge on any atom is 0.313 e. The van der Waals surface area contributed by atoms with Crippen molar-refractivity contribution in [1.82, 2.24) is 14.8 Å². The molecule has 0 bridgehead atoms. The fraction of sp³-hybridized carbons (Fsp3) is 0.750. The highest BCUT2D eigenvalue weighted by Gasteiger charge is 2.22. The highest BCUT2D eigenvalue weighted by atomic mass is 32.2. The summed E-state index contributed by atoms with van der Waals surface area (Å²) in [4.78, 5) is 12.7. The third-order valence-electron chi connectivity index (χ3n) is 3.25. The Morgan fingerprint density at radius 1 is 1.60 bits per heavy atom. The SMILES string of the molecule is CCN(CC1CCCO1)c1nnc(SCC(=O)O)n1C. The summed E-state index contributed by atoms with van der Waals surface area (Å²) in [5.74, 6) is -0.105. The molecule has 1 saturated heterocycles. The molecule has 0 spiro atoms. The first-order chi connectivity index (χ1) is 9.61. The van der Waals surface area contributed by atoms with Crippen LogP contribution in [0.4, 0.5) is 5.95 Å². The smallest absolute Gasteiger partial charge is 0.313 e. The van der Waals surface area contributed by atoms with Crippen LogP contribution in [0.3, 0.4) is 0 Å².